The lowest BCUT2D eigenvalue weighted by Gasteiger charge is -2.20. The highest BCUT2D eigenvalue weighted by Crippen LogP contribution is 2.43. The molecule has 0 aromatic carbocycles. The molecule has 0 aliphatic carbocycles. The molecule has 0 fully saturated rings. The number of esters is 1. The summed E-state index contributed by atoms with van der Waals surface area (Å²) in [6.07, 6.45) is 41.1. The van der Waals surface area contributed by atoms with Gasteiger partial charge >= 0.3 is 13.8 Å². The molecule has 2 atom stereocenters. The average Bonchev–Trinajstić information content (AvgIpc) is 3.12. The maximum absolute atomic E-state index is 12.6. The van der Waals surface area contributed by atoms with Crippen LogP contribution in [0.2, 0.25) is 0 Å². The van der Waals surface area contributed by atoms with E-state index in [0.29, 0.717) is 13.0 Å². The molecule has 0 bridgehead atoms. The smallest absolute Gasteiger partial charge is 0.457 e. The molecule has 0 saturated carbocycles. The van der Waals surface area contributed by atoms with Gasteiger partial charge < -0.3 is 20.1 Å². The van der Waals surface area contributed by atoms with Crippen molar-refractivity contribution in [3.63, 3.8) is 0 Å². The topological polar surface area (TPSA) is 117 Å². The molecule has 306 valence electrons. The number of carbonyl (C=O) groups excluding carboxylic acids is 1. The minimum absolute atomic E-state index is 0.0900. The zero-order chi connectivity index (χ0) is 37.4. The van der Waals surface area contributed by atoms with Gasteiger partial charge in [-0.15, -0.1) is 0 Å². The quantitative estimate of drug-likeness (QED) is 0.0360. The molecule has 0 radical (unpaired) electrons. The standard InChI is InChI=1S/C42H86NO7P/c1-3-5-7-9-11-13-15-17-19-20-22-24-26-28-30-32-34-37-47-39-41(40-49-51(45,46)48-38-36-43)50-42(44)35-33-31-29-27-25-23-21-18-16-14-12-10-8-6-4-2/h41H,3-40,43H2,1-2H3,(H,45,46). The van der Waals surface area contributed by atoms with Crippen molar-refractivity contribution in [1.82, 2.24) is 0 Å². The van der Waals surface area contributed by atoms with Crippen molar-refractivity contribution in [3.8, 4) is 0 Å². The minimum Gasteiger partial charge on any atom is -0.457 e. The summed E-state index contributed by atoms with van der Waals surface area (Å²) in [5, 5.41) is 0. The molecule has 0 rings (SSSR count). The van der Waals surface area contributed by atoms with E-state index >= 15 is 0 Å². The molecule has 9 heteroatoms. The van der Waals surface area contributed by atoms with Crippen molar-refractivity contribution in [2.45, 2.75) is 232 Å². The van der Waals surface area contributed by atoms with Crippen molar-refractivity contribution in [2.24, 2.45) is 5.73 Å². The molecule has 0 aromatic heterocycles. The Labute approximate surface area is 316 Å². The van der Waals surface area contributed by atoms with Gasteiger partial charge in [0.25, 0.3) is 0 Å². The number of hydrogen-bond acceptors (Lipinski definition) is 7. The fourth-order valence-electron chi connectivity index (χ4n) is 6.53. The normalized spacial score (nSPS) is 13.4. The number of phosphoric acid groups is 1. The van der Waals surface area contributed by atoms with Gasteiger partial charge in [0.15, 0.2) is 0 Å². The highest BCUT2D eigenvalue weighted by atomic mass is 31.2. The van der Waals surface area contributed by atoms with Gasteiger partial charge in [0.2, 0.25) is 0 Å². The summed E-state index contributed by atoms with van der Waals surface area (Å²) in [5.41, 5.74) is 5.37. The third-order valence-corrected chi connectivity index (χ3v) is 10.8. The second-order valence-electron chi connectivity index (χ2n) is 14.9. The summed E-state index contributed by atoms with van der Waals surface area (Å²) in [6, 6.07) is 0. The number of hydrogen-bond donors (Lipinski definition) is 2. The molecule has 0 amide bonds. The Morgan fingerprint density at radius 3 is 1.24 bits per heavy atom. The van der Waals surface area contributed by atoms with E-state index in [1.54, 1.807) is 0 Å². The molecular formula is C42H86NO7P. The molecule has 3 N–H and O–H groups in total. The lowest BCUT2D eigenvalue weighted by atomic mass is 10.0. The summed E-state index contributed by atoms with van der Waals surface area (Å²) in [4.78, 5) is 22.5. The molecule has 0 aliphatic rings. The van der Waals surface area contributed by atoms with Crippen molar-refractivity contribution >= 4 is 13.8 Å². The number of carbonyl (C=O) groups is 1. The zero-order valence-corrected chi connectivity index (χ0v) is 34.8. The largest absolute Gasteiger partial charge is 0.472 e. The van der Waals surface area contributed by atoms with E-state index in [1.165, 1.54) is 173 Å². The Hall–Kier alpha value is -0.500. The van der Waals surface area contributed by atoms with Crippen LogP contribution in [0.4, 0.5) is 0 Å². The number of nitrogens with two attached hydrogens (primary N) is 1. The molecule has 51 heavy (non-hydrogen) atoms. The highest BCUT2D eigenvalue weighted by molar-refractivity contribution is 7.47. The van der Waals surface area contributed by atoms with Crippen LogP contribution in [0, 0.1) is 0 Å². The average molecular weight is 748 g/mol. The van der Waals surface area contributed by atoms with Crippen molar-refractivity contribution in [3.05, 3.63) is 0 Å². The summed E-state index contributed by atoms with van der Waals surface area (Å²) in [7, 11) is -4.27. The van der Waals surface area contributed by atoms with Gasteiger partial charge in [-0.05, 0) is 12.8 Å². The van der Waals surface area contributed by atoms with Crippen LogP contribution in [-0.4, -0.2) is 49.9 Å². The van der Waals surface area contributed by atoms with Gasteiger partial charge in [0.1, 0.15) is 6.10 Å². The number of ether oxygens (including phenoxy) is 2. The SMILES string of the molecule is CCCCCCCCCCCCCCCCCCCOCC(COP(=O)(O)OCCN)OC(=O)CCCCCCCCCCCCCCCCC. The Kier molecular flexibility index (Phi) is 40.3. The first-order valence-electron chi connectivity index (χ1n) is 22.0. The molecule has 2 unspecified atom stereocenters. The molecule has 0 spiro atoms. The summed E-state index contributed by atoms with van der Waals surface area (Å²) >= 11 is 0. The predicted octanol–water partition coefficient (Wildman–Crippen LogP) is 12.9. The van der Waals surface area contributed by atoms with E-state index in [9.17, 15) is 14.3 Å². The fraction of sp³-hybridized carbons (Fsp3) is 0.976. The van der Waals surface area contributed by atoms with Crippen LogP contribution in [0.25, 0.3) is 0 Å². The minimum atomic E-state index is -4.27. The third kappa shape index (κ3) is 40.5. The maximum Gasteiger partial charge on any atom is 0.472 e. The lowest BCUT2D eigenvalue weighted by Crippen LogP contribution is -2.28. The van der Waals surface area contributed by atoms with Gasteiger partial charge in [-0.1, -0.05) is 206 Å². The molecular weight excluding hydrogens is 661 g/mol. The third-order valence-electron chi connectivity index (χ3n) is 9.77. The first-order chi connectivity index (χ1) is 24.9. The second kappa shape index (κ2) is 40.7. The number of phosphoric ester groups is 1. The van der Waals surface area contributed by atoms with E-state index in [2.05, 4.69) is 13.8 Å². The fourth-order valence-corrected chi connectivity index (χ4v) is 7.29. The molecule has 8 nitrogen and oxygen atoms in total. The van der Waals surface area contributed by atoms with Crippen molar-refractivity contribution < 1.29 is 32.8 Å². The Morgan fingerprint density at radius 1 is 0.510 bits per heavy atom. The van der Waals surface area contributed by atoms with Gasteiger partial charge in [-0.25, -0.2) is 4.57 Å². The monoisotopic (exact) mass is 748 g/mol. The van der Waals surface area contributed by atoms with Crippen molar-refractivity contribution in [2.75, 3.05) is 33.0 Å². The van der Waals surface area contributed by atoms with Crippen molar-refractivity contribution in [1.29, 1.82) is 0 Å². The molecule has 0 aromatic rings. The van der Waals surface area contributed by atoms with Gasteiger partial charge in [-0.3, -0.25) is 13.8 Å². The highest BCUT2D eigenvalue weighted by Gasteiger charge is 2.25. The summed E-state index contributed by atoms with van der Waals surface area (Å²) < 4.78 is 33.4. The van der Waals surface area contributed by atoms with Gasteiger partial charge in [-0.2, -0.15) is 0 Å². The Morgan fingerprint density at radius 2 is 0.863 bits per heavy atom. The van der Waals surface area contributed by atoms with Crippen LogP contribution in [0.1, 0.15) is 226 Å². The second-order valence-corrected chi connectivity index (χ2v) is 16.4. The summed E-state index contributed by atoms with van der Waals surface area (Å²) in [6.45, 7) is 4.98. The predicted molar refractivity (Wildman–Crippen MR) is 215 cm³/mol. The number of unbranched alkanes of at least 4 members (excludes halogenated alkanes) is 30. The zero-order valence-electron chi connectivity index (χ0n) is 33.9. The van der Waals surface area contributed by atoms with Crippen LogP contribution in [0.3, 0.4) is 0 Å². The summed E-state index contributed by atoms with van der Waals surface area (Å²) in [5.74, 6) is -0.324. The number of rotatable bonds is 43. The molecule has 0 aliphatic heterocycles. The first kappa shape index (κ1) is 50.5. The Balaban J connectivity index is 3.96. The van der Waals surface area contributed by atoms with Crippen LogP contribution >= 0.6 is 7.82 Å². The van der Waals surface area contributed by atoms with Crippen LogP contribution in [0.5, 0.6) is 0 Å². The van der Waals surface area contributed by atoms with E-state index in [-0.39, 0.29) is 32.3 Å². The van der Waals surface area contributed by atoms with Gasteiger partial charge in [0, 0.05) is 19.6 Å². The maximum atomic E-state index is 12.6. The first-order valence-corrected chi connectivity index (χ1v) is 23.5. The molecule has 0 saturated heterocycles. The van der Waals surface area contributed by atoms with E-state index in [4.69, 9.17) is 24.3 Å². The van der Waals surface area contributed by atoms with E-state index in [1.807, 2.05) is 0 Å². The lowest BCUT2D eigenvalue weighted by molar-refractivity contribution is -0.154. The molecule has 0 heterocycles. The van der Waals surface area contributed by atoms with Crippen LogP contribution < -0.4 is 5.73 Å². The van der Waals surface area contributed by atoms with E-state index in [0.717, 1.165) is 32.1 Å². The Bertz CT molecular complexity index is 757. The van der Waals surface area contributed by atoms with E-state index < -0.39 is 13.9 Å². The van der Waals surface area contributed by atoms with Gasteiger partial charge in [0.05, 0.1) is 19.8 Å². The van der Waals surface area contributed by atoms with Crippen LogP contribution in [0.15, 0.2) is 0 Å². The van der Waals surface area contributed by atoms with Crippen LogP contribution in [-0.2, 0) is 27.9 Å².